The molecule has 0 aliphatic carbocycles. The lowest BCUT2D eigenvalue weighted by atomic mass is 10.2. The molecular formula is C19H18F3NO5. The fourth-order valence-corrected chi connectivity index (χ4v) is 2.10. The minimum atomic E-state index is -4.52. The highest BCUT2D eigenvalue weighted by Crippen LogP contribution is 2.30. The van der Waals surface area contributed by atoms with Crippen LogP contribution in [0.1, 0.15) is 12.5 Å². The van der Waals surface area contributed by atoms with Gasteiger partial charge in [-0.3, -0.25) is 4.79 Å². The average molecular weight is 397 g/mol. The average Bonchev–Trinajstić information content (AvgIpc) is 2.65. The fraction of sp³-hybridized carbons (Fsp3) is 0.263. The lowest BCUT2D eigenvalue weighted by Crippen LogP contribution is -2.23. The number of esters is 1. The van der Waals surface area contributed by atoms with Gasteiger partial charge in [-0.2, -0.15) is 13.2 Å². The van der Waals surface area contributed by atoms with Crippen LogP contribution in [0, 0.1) is 0 Å². The van der Waals surface area contributed by atoms with Crippen molar-refractivity contribution in [2.24, 2.45) is 0 Å². The van der Waals surface area contributed by atoms with Crippen molar-refractivity contribution in [1.29, 1.82) is 0 Å². The van der Waals surface area contributed by atoms with Crippen LogP contribution in [0.3, 0.4) is 0 Å². The predicted molar refractivity (Wildman–Crippen MR) is 94.1 cm³/mol. The molecule has 1 amide bonds. The molecule has 0 spiro atoms. The number of halogens is 3. The van der Waals surface area contributed by atoms with Crippen molar-refractivity contribution in [2.75, 3.05) is 25.1 Å². The molecule has 0 saturated carbocycles. The molecule has 1 N–H and O–H groups in total. The maximum atomic E-state index is 12.6. The highest BCUT2D eigenvalue weighted by molar-refractivity contribution is 5.92. The Labute approximate surface area is 159 Å². The van der Waals surface area contributed by atoms with Gasteiger partial charge in [0.1, 0.15) is 11.5 Å². The Morgan fingerprint density at radius 3 is 2.21 bits per heavy atom. The molecule has 0 saturated heterocycles. The van der Waals surface area contributed by atoms with Crippen LogP contribution in [-0.4, -0.2) is 31.7 Å². The number of ether oxygens (including phenoxy) is 3. The summed E-state index contributed by atoms with van der Waals surface area (Å²) < 4.78 is 53.1. The molecule has 28 heavy (non-hydrogen) atoms. The molecule has 0 aromatic heterocycles. The van der Waals surface area contributed by atoms with Gasteiger partial charge in [-0.25, -0.2) is 4.79 Å². The molecule has 0 aliphatic rings. The SMILES string of the molecule is CCOc1ccc(OCC(=O)OCC(=O)Nc2cccc(C(F)(F)F)c2)cc1. The van der Waals surface area contributed by atoms with E-state index < -0.39 is 36.8 Å². The van der Waals surface area contributed by atoms with Gasteiger partial charge >= 0.3 is 12.1 Å². The molecule has 0 unspecified atom stereocenters. The maximum Gasteiger partial charge on any atom is 0.416 e. The third-order valence-corrected chi connectivity index (χ3v) is 3.33. The lowest BCUT2D eigenvalue weighted by molar-refractivity contribution is -0.149. The number of anilines is 1. The molecule has 0 radical (unpaired) electrons. The summed E-state index contributed by atoms with van der Waals surface area (Å²) in [5.41, 5.74) is -0.951. The second-order valence-corrected chi connectivity index (χ2v) is 5.48. The van der Waals surface area contributed by atoms with Crippen LogP contribution in [-0.2, 0) is 20.5 Å². The first-order valence-corrected chi connectivity index (χ1v) is 8.26. The molecule has 0 atom stereocenters. The van der Waals surface area contributed by atoms with Crippen molar-refractivity contribution in [1.82, 2.24) is 0 Å². The number of nitrogens with one attached hydrogen (secondary N) is 1. The molecule has 0 aliphatic heterocycles. The van der Waals surface area contributed by atoms with E-state index >= 15 is 0 Å². The predicted octanol–water partition coefficient (Wildman–Crippen LogP) is 3.66. The summed E-state index contributed by atoms with van der Waals surface area (Å²) in [5, 5.41) is 2.23. The number of rotatable bonds is 8. The van der Waals surface area contributed by atoms with Crippen molar-refractivity contribution in [3.63, 3.8) is 0 Å². The minimum Gasteiger partial charge on any atom is -0.494 e. The van der Waals surface area contributed by atoms with Gasteiger partial charge in [0.05, 0.1) is 12.2 Å². The number of benzene rings is 2. The number of carbonyl (C=O) groups is 2. The van der Waals surface area contributed by atoms with Crippen molar-refractivity contribution < 1.29 is 37.0 Å². The molecule has 2 rings (SSSR count). The van der Waals surface area contributed by atoms with E-state index in [1.807, 2.05) is 6.92 Å². The van der Waals surface area contributed by atoms with Crippen molar-refractivity contribution in [3.8, 4) is 11.5 Å². The van der Waals surface area contributed by atoms with E-state index in [1.54, 1.807) is 24.3 Å². The normalized spacial score (nSPS) is 10.9. The third-order valence-electron chi connectivity index (χ3n) is 3.33. The Hall–Kier alpha value is -3.23. The highest BCUT2D eigenvalue weighted by Gasteiger charge is 2.30. The van der Waals surface area contributed by atoms with Gasteiger partial charge in [-0.15, -0.1) is 0 Å². The number of alkyl halides is 3. The van der Waals surface area contributed by atoms with Crippen molar-refractivity contribution in [3.05, 3.63) is 54.1 Å². The monoisotopic (exact) mass is 397 g/mol. The first kappa shape index (κ1) is 21.1. The highest BCUT2D eigenvalue weighted by atomic mass is 19.4. The van der Waals surface area contributed by atoms with E-state index in [0.717, 1.165) is 18.2 Å². The van der Waals surface area contributed by atoms with Gasteiger partial charge in [0, 0.05) is 5.69 Å². The van der Waals surface area contributed by atoms with Gasteiger partial charge < -0.3 is 19.5 Å². The van der Waals surface area contributed by atoms with Crippen LogP contribution in [0.4, 0.5) is 18.9 Å². The van der Waals surface area contributed by atoms with Crippen LogP contribution in [0.5, 0.6) is 11.5 Å². The smallest absolute Gasteiger partial charge is 0.416 e. The zero-order valence-corrected chi connectivity index (χ0v) is 14.9. The van der Waals surface area contributed by atoms with Crippen LogP contribution >= 0.6 is 0 Å². The van der Waals surface area contributed by atoms with Crippen LogP contribution in [0.15, 0.2) is 48.5 Å². The first-order chi connectivity index (χ1) is 13.3. The van der Waals surface area contributed by atoms with Crippen molar-refractivity contribution >= 4 is 17.6 Å². The van der Waals surface area contributed by atoms with Gasteiger partial charge in [-0.05, 0) is 49.4 Å². The summed E-state index contributed by atoms with van der Waals surface area (Å²) in [7, 11) is 0. The molecule has 150 valence electrons. The molecule has 9 heteroatoms. The topological polar surface area (TPSA) is 73.9 Å². The quantitative estimate of drug-likeness (QED) is 0.688. The summed E-state index contributed by atoms with van der Waals surface area (Å²) in [6.07, 6.45) is -4.52. The lowest BCUT2D eigenvalue weighted by Gasteiger charge is -2.10. The van der Waals surface area contributed by atoms with Gasteiger partial charge in [-0.1, -0.05) is 6.07 Å². The van der Waals surface area contributed by atoms with E-state index in [-0.39, 0.29) is 5.69 Å². The number of hydrogen-bond acceptors (Lipinski definition) is 5. The summed E-state index contributed by atoms with van der Waals surface area (Å²) in [6.45, 7) is 1.30. The van der Waals surface area contributed by atoms with Crippen LogP contribution < -0.4 is 14.8 Å². The van der Waals surface area contributed by atoms with Crippen LogP contribution in [0.25, 0.3) is 0 Å². The Bertz CT molecular complexity index is 806. The first-order valence-electron chi connectivity index (χ1n) is 8.26. The molecule has 2 aromatic carbocycles. The van der Waals surface area contributed by atoms with Crippen LogP contribution in [0.2, 0.25) is 0 Å². The van der Waals surface area contributed by atoms with Gasteiger partial charge in [0.15, 0.2) is 13.2 Å². The summed E-state index contributed by atoms with van der Waals surface area (Å²) in [5.74, 6) is -0.501. The molecule has 0 fully saturated rings. The summed E-state index contributed by atoms with van der Waals surface area (Å²) in [4.78, 5) is 23.4. The zero-order valence-electron chi connectivity index (χ0n) is 14.9. The number of carbonyl (C=O) groups excluding carboxylic acids is 2. The fourth-order valence-electron chi connectivity index (χ4n) is 2.10. The Morgan fingerprint density at radius 1 is 0.964 bits per heavy atom. The minimum absolute atomic E-state index is 0.0542. The third kappa shape index (κ3) is 6.82. The van der Waals surface area contributed by atoms with E-state index in [0.29, 0.717) is 18.1 Å². The summed E-state index contributed by atoms with van der Waals surface area (Å²) >= 11 is 0. The van der Waals surface area contributed by atoms with E-state index in [9.17, 15) is 22.8 Å². The van der Waals surface area contributed by atoms with Crippen molar-refractivity contribution in [2.45, 2.75) is 13.1 Å². The second kappa shape index (κ2) is 9.63. The molecule has 6 nitrogen and oxygen atoms in total. The largest absolute Gasteiger partial charge is 0.494 e. The molecule has 2 aromatic rings. The number of hydrogen-bond donors (Lipinski definition) is 1. The van der Waals surface area contributed by atoms with E-state index in [2.05, 4.69) is 5.32 Å². The second-order valence-electron chi connectivity index (χ2n) is 5.48. The van der Waals surface area contributed by atoms with Gasteiger partial charge in [0.25, 0.3) is 5.91 Å². The molecule has 0 heterocycles. The summed E-state index contributed by atoms with van der Waals surface area (Å²) in [6, 6.07) is 10.7. The zero-order chi connectivity index (χ0) is 20.6. The Kier molecular flexibility index (Phi) is 7.25. The van der Waals surface area contributed by atoms with E-state index in [4.69, 9.17) is 14.2 Å². The maximum absolute atomic E-state index is 12.6. The Morgan fingerprint density at radius 2 is 1.61 bits per heavy atom. The molecular weight excluding hydrogens is 379 g/mol. The Balaban J connectivity index is 1.75. The standard InChI is InChI=1S/C19H18F3NO5/c1-2-26-15-6-8-16(9-7-15)27-12-18(25)28-11-17(24)23-14-5-3-4-13(10-14)19(20,21)22/h3-10H,2,11-12H2,1H3,(H,23,24). The number of amides is 1. The molecule has 0 bridgehead atoms. The van der Waals surface area contributed by atoms with Gasteiger partial charge in [0.2, 0.25) is 0 Å². The van der Waals surface area contributed by atoms with E-state index in [1.165, 1.54) is 6.07 Å².